The average molecular weight is 328 g/mol. The summed E-state index contributed by atoms with van der Waals surface area (Å²) in [6, 6.07) is 6.50. The number of rotatable bonds is 5. The summed E-state index contributed by atoms with van der Waals surface area (Å²) in [6.07, 6.45) is 4.49. The van der Waals surface area contributed by atoms with E-state index >= 15 is 0 Å². The van der Waals surface area contributed by atoms with Gasteiger partial charge in [0, 0.05) is 17.1 Å². The predicted molar refractivity (Wildman–Crippen MR) is 81.5 cm³/mol. The molecule has 1 aromatic rings. The van der Waals surface area contributed by atoms with Gasteiger partial charge in [-0.1, -0.05) is 18.9 Å². The van der Waals surface area contributed by atoms with E-state index in [-0.39, 0.29) is 6.61 Å². The molecular weight excluding hydrogens is 306 g/mol. The van der Waals surface area contributed by atoms with E-state index < -0.39 is 6.10 Å². The Bertz CT molecular complexity index is 417. The number of anilines is 1. The Labute approximate surface area is 123 Å². The zero-order valence-corrected chi connectivity index (χ0v) is 12.9. The molecule has 1 aliphatic rings. The van der Waals surface area contributed by atoms with Crippen LogP contribution in [-0.2, 0) is 0 Å². The van der Waals surface area contributed by atoms with Crippen LogP contribution in [0.15, 0.2) is 22.7 Å². The van der Waals surface area contributed by atoms with Gasteiger partial charge in [0.15, 0.2) is 0 Å². The predicted octanol–water partition coefficient (Wildman–Crippen LogP) is 3.24. The summed E-state index contributed by atoms with van der Waals surface area (Å²) in [4.78, 5) is 2.29. The molecule has 1 aromatic carbocycles. The Hall–Kier alpha value is -0.580. The molecule has 0 aromatic heterocycles. The SMILES string of the molecule is C[C@@H](O)c1ccc(N(CCO)C2CCCC2)c(Br)c1. The fourth-order valence-electron chi connectivity index (χ4n) is 2.84. The normalized spacial score (nSPS) is 17.7. The Morgan fingerprint density at radius 2 is 2.05 bits per heavy atom. The summed E-state index contributed by atoms with van der Waals surface area (Å²) in [5.74, 6) is 0. The highest BCUT2D eigenvalue weighted by atomic mass is 79.9. The molecule has 1 fully saturated rings. The van der Waals surface area contributed by atoms with E-state index in [0.717, 1.165) is 15.7 Å². The second-order valence-electron chi connectivity index (χ2n) is 5.24. The van der Waals surface area contributed by atoms with Crippen molar-refractivity contribution in [3.05, 3.63) is 28.2 Å². The van der Waals surface area contributed by atoms with Crippen molar-refractivity contribution in [1.82, 2.24) is 0 Å². The van der Waals surface area contributed by atoms with E-state index in [9.17, 15) is 10.2 Å². The van der Waals surface area contributed by atoms with Gasteiger partial charge in [0.25, 0.3) is 0 Å². The topological polar surface area (TPSA) is 43.7 Å². The Balaban J connectivity index is 2.25. The first-order valence-electron chi connectivity index (χ1n) is 6.98. The van der Waals surface area contributed by atoms with Gasteiger partial charge in [-0.3, -0.25) is 0 Å². The standard InChI is InChI=1S/C15H22BrNO2/c1-11(19)12-6-7-15(14(16)10-12)17(8-9-18)13-4-2-3-5-13/h6-7,10-11,13,18-19H,2-5,8-9H2,1H3/t11-/m1/s1. The molecule has 3 nitrogen and oxygen atoms in total. The molecule has 19 heavy (non-hydrogen) atoms. The molecule has 106 valence electrons. The molecule has 4 heteroatoms. The summed E-state index contributed by atoms with van der Waals surface area (Å²) in [6.45, 7) is 2.60. The molecule has 0 amide bonds. The highest BCUT2D eigenvalue weighted by Gasteiger charge is 2.24. The molecular formula is C15H22BrNO2. The average Bonchev–Trinajstić information content (AvgIpc) is 2.90. The first-order chi connectivity index (χ1) is 9.13. The van der Waals surface area contributed by atoms with E-state index in [1.807, 2.05) is 18.2 Å². The first-order valence-corrected chi connectivity index (χ1v) is 7.77. The quantitative estimate of drug-likeness (QED) is 0.872. The fraction of sp³-hybridized carbons (Fsp3) is 0.600. The van der Waals surface area contributed by atoms with Gasteiger partial charge in [-0.25, -0.2) is 0 Å². The summed E-state index contributed by atoms with van der Waals surface area (Å²) >= 11 is 3.60. The number of benzene rings is 1. The highest BCUT2D eigenvalue weighted by Crippen LogP contribution is 2.34. The van der Waals surface area contributed by atoms with Gasteiger partial charge in [-0.15, -0.1) is 0 Å². The molecule has 1 aliphatic carbocycles. The lowest BCUT2D eigenvalue weighted by Crippen LogP contribution is -2.35. The number of aliphatic hydroxyl groups excluding tert-OH is 2. The van der Waals surface area contributed by atoms with Gasteiger partial charge in [0.1, 0.15) is 0 Å². The van der Waals surface area contributed by atoms with E-state index in [1.165, 1.54) is 25.7 Å². The monoisotopic (exact) mass is 327 g/mol. The van der Waals surface area contributed by atoms with Crippen molar-refractivity contribution in [3.63, 3.8) is 0 Å². The molecule has 0 radical (unpaired) electrons. The molecule has 0 bridgehead atoms. The molecule has 0 spiro atoms. The summed E-state index contributed by atoms with van der Waals surface area (Å²) in [5, 5.41) is 18.9. The third-order valence-corrected chi connectivity index (χ3v) is 4.51. The summed E-state index contributed by atoms with van der Waals surface area (Å²) < 4.78 is 0.992. The number of halogens is 1. The van der Waals surface area contributed by atoms with Crippen LogP contribution in [0.4, 0.5) is 5.69 Å². The van der Waals surface area contributed by atoms with Gasteiger partial charge in [0.2, 0.25) is 0 Å². The maximum atomic E-state index is 9.62. The van der Waals surface area contributed by atoms with Crippen molar-refractivity contribution in [2.75, 3.05) is 18.1 Å². The largest absolute Gasteiger partial charge is 0.395 e. The third kappa shape index (κ3) is 3.50. The summed E-state index contributed by atoms with van der Waals surface area (Å²) in [7, 11) is 0. The van der Waals surface area contributed by atoms with Crippen molar-refractivity contribution in [2.24, 2.45) is 0 Å². The zero-order chi connectivity index (χ0) is 13.8. The van der Waals surface area contributed by atoms with Gasteiger partial charge in [0.05, 0.1) is 18.4 Å². The van der Waals surface area contributed by atoms with Gasteiger partial charge in [-0.05, 0) is 53.4 Å². The molecule has 0 heterocycles. The maximum Gasteiger partial charge on any atom is 0.0762 e. The van der Waals surface area contributed by atoms with Crippen LogP contribution in [0.3, 0.4) is 0 Å². The number of hydrogen-bond donors (Lipinski definition) is 2. The minimum Gasteiger partial charge on any atom is -0.395 e. The van der Waals surface area contributed by atoms with Crippen LogP contribution < -0.4 is 4.90 Å². The smallest absolute Gasteiger partial charge is 0.0762 e. The molecule has 0 saturated heterocycles. The first kappa shape index (κ1) is 14.8. The van der Waals surface area contributed by atoms with E-state index in [2.05, 4.69) is 20.8 Å². The van der Waals surface area contributed by atoms with Crippen LogP contribution in [0.5, 0.6) is 0 Å². The van der Waals surface area contributed by atoms with Gasteiger partial charge in [-0.2, -0.15) is 0 Å². The van der Waals surface area contributed by atoms with Crippen molar-refractivity contribution < 1.29 is 10.2 Å². The number of nitrogens with zero attached hydrogens (tertiary/aromatic N) is 1. The minimum absolute atomic E-state index is 0.168. The highest BCUT2D eigenvalue weighted by molar-refractivity contribution is 9.10. The molecule has 2 rings (SSSR count). The molecule has 1 atom stereocenters. The van der Waals surface area contributed by atoms with Crippen LogP contribution in [0.1, 0.15) is 44.3 Å². The van der Waals surface area contributed by atoms with Crippen molar-refractivity contribution >= 4 is 21.6 Å². The van der Waals surface area contributed by atoms with Crippen LogP contribution >= 0.6 is 15.9 Å². The Morgan fingerprint density at radius 3 is 2.58 bits per heavy atom. The van der Waals surface area contributed by atoms with E-state index in [0.29, 0.717) is 12.6 Å². The number of hydrogen-bond acceptors (Lipinski definition) is 3. The fourth-order valence-corrected chi connectivity index (χ4v) is 3.46. The second-order valence-corrected chi connectivity index (χ2v) is 6.10. The molecule has 0 unspecified atom stereocenters. The lowest BCUT2D eigenvalue weighted by molar-refractivity contribution is 0.199. The van der Waals surface area contributed by atoms with Crippen LogP contribution in [0, 0.1) is 0 Å². The number of aliphatic hydroxyl groups is 2. The molecule has 0 aliphatic heterocycles. The van der Waals surface area contributed by atoms with E-state index in [1.54, 1.807) is 6.92 Å². The van der Waals surface area contributed by atoms with Crippen LogP contribution in [0.25, 0.3) is 0 Å². The van der Waals surface area contributed by atoms with Crippen molar-refractivity contribution in [3.8, 4) is 0 Å². The third-order valence-electron chi connectivity index (χ3n) is 3.87. The Morgan fingerprint density at radius 1 is 1.37 bits per heavy atom. The van der Waals surface area contributed by atoms with Crippen LogP contribution in [-0.4, -0.2) is 29.4 Å². The van der Waals surface area contributed by atoms with Crippen molar-refractivity contribution in [2.45, 2.75) is 44.8 Å². The zero-order valence-electron chi connectivity index (χ0n) is 11.3. The van der Waals surface area contributed by atoms with Crippen molar-refractivity contribution in [1.29, 1.82) is 0 Å². The van der Waals surface area contributed by atoms with Gasteiger partial charge < -0.3 is 15.1 Å². The van der Waals surface area contributed by atoms with E-state index in [4.69, 9.17) is 0 Å². The molecule has 2 N–H and O–H groups in total. The lowest BCUT2D eigenvalue weighted by Gasteiger charge is -2.31. The Kier molecular flexibility index (Phi) is 5.25. The lowest BCUT2D eigenvalue weighted by atomic mass is 10.1. The minimum atomic E-state index is -0.455. The van der Waals surface area contributed by atoms with Gasteiger partial charge >= 0.3 is 0 Å². The summed E-state index contributed by atoms with van der Waals surface area (Å²) in [5.41, 5.74) is 2.02. The molecule has 1 saturated carbocycles. The van der Waals surface area contributed by atoms with Crippen LogP contribution in [0.2, 0.25) is 0 Å². The second kappa shape index (κ2) is 6.73. The maximum absolute atomic E-state index is 9.62.